The van der Waals surface area contributed by atoms with Gasteiger partial charge in [0.2, 0.25) is 0 Å². The Morgan fingerprint density at radius 1 is 1.05 bits per heavy atom. The van der Waals surface area contributed by atoms with Crippen molar-refractivity contribution >= 4 is 22.5 Å². The molecule has 0 saturated heterocycles. The number of halogens is 1. The molecule has 3 N–H and O–H groups in total. The van der Waals surface area contributed by atoms with Crippen LogP contribution in [0.4, 0.5) is 0 Å². The molecule has 2 aromatic carbocycles. The third-order valence-corrected chi connectivity index (χ3v) is 3.82. The van der Waals surface area contributed by atoms with Gasteiger partial charge in [0.15, 0.2) is 0 Å². The Hall–Kier alpha value is -1.77. The minimum absolute atomic E-state index is 0.188. The molecule has 3 aromatic rings. The molecule has 3 rings (SSSR count). The Morgan fingerprint density at radius 2 is 1.84 bits per heavy atom. The maximum Gasteiger partial charge on any atom is 0.0647 e. The molecular weight excluding hydrogens is 256 g/mol. The van der Waals surface area contributed by atoms with Crippen LogP contribution in [0.5, 0.6) is 0 Å². The Morgan fingerprint density at radius 3 is 2.58 bits per heavy atom. The lowest BCUT2D eigenvalue weighted by atomic mass is 9.91. The lowest BCUT2D eigenvalue weighted by Crippen LogP contribution is -2.13. The fraction of sp³-hybridized carbons (Fsp3) is 0.125. The quantitative estimate of drug-likeness (QED) is 0.744. The van der Waals surface area contributed by atoms with E-state index in [1.165, 1.54) is 11.1 Å². The first-order valence-electron chi connectivity index (χ1n) is 6.31. The van der Waals surface area contributed by atoms with Crippen molar-refractivity contribution in [3.05, 3.63) is 70.9 Å². The van der Waals surface area contributed by atoms with E-state index in [9.17, 15) is 0 Å². The van der Waals surface area contributed by atoms with E-state index in [1.54, 1.807) is 0 Å². The molecule has 1 heterocycles. The van der Waals surface area contributed by atoms with E-state index < -0.39 is 0 Å². The van der Waals surface area contributed by atoms with Crippen molar-refractivity contribution in [1.29, 1.82) is 0 Å². The van der Waals surface area contributed by atoms with E-state index in [1.807, 2.05) is 36.5 Å². The summed E-state index contributed by atoms with van der Waals surface area (Å²) < 4.78 is 0. The monoisotopic (exact) mass is 270 g/mol. The summed E-state index contributed by atoms with van der Waals surface area (Å²) in [4.78, 5) is 3.25. The largest absolute Gasteiger partial charge is 0.360 e. The third-order valence-electron chi connectivity index (χ3n) is 3.51. The van der Waals surface area contributed by atoms with Gasteiger partial charge < -0.3 is 10.7 Å². The van der Waals surface area contributed by atoms with Crippen molar-refractivity contribution in [2.45, 2.75) is 5.92 Å². The number of hydrogen-bond donors (Lipinski definition) is 2. The summed E-state index contributed by atoms with van der Waals surface area (Å²) in [5.41, 5.74) is 9.39. The summed E-state index contributed by atoms with van der Waals surface area (Å²) in [6.45, 7) is 0.573. The van der Waals surface area contributed by atoms with Crippen molar-refractivity contribution in [3.63, 3.8) is 0 Å². The lowest BCUT2D eigenvalue weighted by Gasteiger charge is -2.14. The van der Waals surface area contributed by atoms with Crippen LogP contribution in [0, 0.1) is 0 Å². The lowest BCUT2D eigenvalue weighted by molar-refractivity contribution is 0.825. The van der Waals surface area contributed by atoms with Gasteiger partial charge in [0.1, 0.15) is 0 Å². The van der Waals surface area contributed by atoms with Gasteiger partial charge in [-0.05, 0) is 17.2 Å². The first kappa shape index (κ1) is 12.3. The molecule has 0 aliphatic carbocycles. The smallest absolute Gasteiger partial charge is 0.0647 e. The zero-order valence-corrected chi connectivity index (χ0v) is 11.2. The van der Waals surface area contributed by atoms with Gasteiger partial charge in [-0.3, -0.25) is 0 Å². The summed E-state index contributed by atoms with van der Waals surface area (Å²) in [5, 5.41) is 1.89. The van der Waals surface area contributed by atoms with Crippen LogP contribution in [0.2, 0.25) is 5.02 Å². The predicted octanol–water partition coefficient (Wildman–Crippen LogP) is 3.91. The molecule has 0 fully saturated rings. The predicted molar refractivity (Wildman–Crippen MR) is 80.6 cm³/mol. The number of benzene rings is 2. The number of fused-ring (bicyclic) bond motifs is 1. The number of nitrogens with two attached hydrogens (primary N) is 1. The number of rotatable bonds is 3. The molecule has 96 valence electrons. The van der Waals surface area contributed by atoms with Crippen molar-refractivity contribution in [3.8, 4) is 0 Å². The van der Waals surface area contributed by atoms with E-state index in [4.69, 9.17) is 17.3 Å². The van der Waals surface area contributed by atoms with Crippen molar-refractivity contribution in [1.82, 2.24) is 4.98 Å². The summed E-state index contributed by atoms with van der Waals surface area (Å²) >= 11 is 6.20. The van der Waals surface area contributed by atoms with Gasteiger partial charge in [-0.25, -0.2) is 0 Å². The Bertz CT molecular complexity index is 688. The second kappa shape index (κ2) is 5.08. The molecular formula is C16H15ClN2. The number of nitrogens with one attached hydrogen (secondary N) is 1. The van der Waals surface area contributed by atoms with Gasteiger partial charge in [-0.15, -0.1) is 0 Å². The van der Waals surface area contributed by atoms with Gasteiger partial charge in [-0.2, -0.15) is 0 Å². The summed E-state index contributed by atoms with van der Waals surface area (Å²) in [6.07, 6.45) is 2.01. The molecule has 0 aliphatic heterocycles. The number of H-pyrrole nitrogens is 1. The molecule has 0 bridgehead atoms. The Balaban J connectivity index is 2.15. The zero-order valence-electron chi connectivity index (χ0n) is 10.4. The highest BCUT2D eigenvalue weighted by molar-refractivity contribution is 6.35. The molecule has 1 aromatic heterocycles. The summed E-state index contributed by atoms with van der Waals surface area (Å²) in [7, 11) is 0. The van der Waals surface area contributed by atoms with Gasteiger partial charge >= 0.3 is 0 Å². The fourth-order valence-corrected chi connectivity index (χ4v) is 2.78. The highest BCUT2D eigenvalue weighted by atomic mass is 35.5. The maximum atomic E-state index is 6.20. The standard InChI is InChI=1S/C16H15ClN2/c17-15-8-4-7-12-14(10-19-16(12)15)13(9-18)11-5-2-1-3-6-11/h1-8,10,13,19H,9,18H2. The van der Waals surface area contributed by atoms with E-state index in [-0.39, 0.29) is 5.92 Å². The second-order valence-corrected chi connectivity index (χ2v) is 5.01. The van der Waals surface area contributed by atoms with Crippen LogP contribution in [0.1, 0.15) is 17.0 Å². The SMILES string of the molecule is NCC(c1ccccc1)c1c[nH]c2c(Cl)cccc12. The molecule has 2 nitrogen and oxygen atoms in total. The number of hydrogen-bond acceptors (Lipinski definition) is 1. The Kier molecular flexibility index (Phi) is 3.28. The van der Waals surface area contributed by atoms with E-state index >= 15 is 0 Å². The Labute approximate surface area is 117 Å². The van der Waals surface area contributed by atoms with E-state index in [0.717, 1.165) is 15.9 Å². The van der Waals surface area contributed by atoms with Crippen LogP contribution in [-0.2, 0) is 0 Å². The average Bonchev–Trinajstić information content (AvgIpc) is 2.87. The molecule has 0 spiro atoms. The number of aromatic nitrogens is 1. The molecule has 0 saturated carbocycles. The first-order valence-corrected chi connectivity index (χ1v) is 6.69. The number of para-hydroxylation sites is 1. The van der Waals surface area contributed by atoms with Crippen LogP contribution >= 0.6 is 11.6 Å². The van der Waals surface area contributed by atoms with Crippen molar-refractivity contribution < 1.29 is 0 Å². The molecule has 0 radical (unpaired) electrons. The van der Waals surface area contributed by atoms with Crippen LogP contribution in [0.15, 0.2) is 54.7 Å². The van der Waals surface area contributed by atoms with Gasteiger partial charge in [0.25, 0.3) is 0 Å². The zero-order chi connectivity index (χ0) is 13.2. The topological polar surface area (TPSA) is 41.8 Å². The highest BCUT2D eigenvalue weighted by Crippen LogP contribution is 2.32. The normalized spacial score (nSPS) is 12.7. The molecule has 0 amide bonds. The number of aromatic amines is 1. The first-order chi connectivity index (χ1) is 9.31. The van der Waals surface area contributed by atoms with Crippen molar-refractivity contribution in [2.24, 2.45) is 5.73 Å². The molecule has 1 atom stereocenters. The minimum atomic E-state index is 0.188. The van der Waals surface area contributed by atoms with E-state index in [0.29, 0.717) is 6.54 Å². The van der Waals surface area contributed by atoms with Gasteiger partial charge in [0, 0.05) is 24.0 Å². The summed E-state index contributed by atoms with van der Waals surface area (Å²) in [6, 6.07) is 16.3. The molecule has 19 heavy (non-hydrogen) atoms. The van der Waals surface area contributed by atoms with Crippen LogP contribution in [-0.4, -0.2) is 11.5 Å². The van der Waals surface area contributed by atoms with Crippen molar-refractivity contribution in [2.75, 3.05) is 6.54 Å². The van der Waals surface area contributed by atoms with Crippen LogP contribution < -0.4 is 5.73 Å². The highest BCUT2D eigenvalue weighted by Gasteiger charge is 2.17. The van der Waals surface area contributed by atoms with Crippen LogP contribution in [0.25, 0.3) is 10.9 Å². The van der Waals surface area contributed by atoms with Gasteiger partial charge in [0.05, 0.1) is 10.5 Å². The molecule has 3 heteroatoms. The minimum Gasteiger partial charge on any atom is -0.360 e. The maximum absolute atomic E-state index is 6.20. The third kappa shape index (κ3) is 2.14. The van der Waals surface area contributed by atoms with Crippen LogP contribution in [0.3, 0.4) is 0 Å². The van der Waals surface area contributed by atoms with Gasteiger partial charge in [-0.1, -0.05) is 54.1 Å². The summed E-state index contributed by atoms with van der Waals surface area (Å²) in [5.74, 6) is 0.188. The fourth-order valence-electron chi connectivity index (χ4n) is 2.56. The average molecular weight is 271 g/mol. The molecule has 1 unspecified atom stereocenters. The molecule has 0 aliphatic rings. The second-order valence-electron chi connectivity index (χ2n) is 4.61. The van der Waals surface area contributed by atoms with E-state index in [2.05, 4.69) is 23.2 Å².